The quantitative estimate of drug-likeness (QED) is 0.549. The topological polar surface area (TPSA) is 64.3 Å². The van der Waals surface area contributed by atoms with E-state index in [0.717, 1.165) is 30.5 Å². The van der Waals surface area contributed by atoms with E-state index in [1.54, 1.807) is 6.07 Å². The van der Waals surface area contributed by atoms with Crippen LogP contribution in [-0.4, -0.2) is 34.2 Å². The fourth-order valence-corrected chi connectivity index (χ4v) is 5.21. The number of aliphatic hydroxyl groups is 1. The van der Waals surface area contributed by atoms with Crippen LogP contribution in [0.2, 0.25) is 5.02 Å². The van der Waals surface area contributed by atoms with Crippen molar-refractivity contribution in [1.82, 2.24) is 4.90 Å². The normalized spacial score (nSPS) is 24.7. The summed E-state index contributed by atoms with van der Waals surface area (Å²) in [5, 5.41) is 20.5. The standard InChI is InChI=1S/C26H26ClF3N2O2/c1-24(34,26(28,29)30)18-8-6-17(7-9-18)23(33)32(19-10-11-19)20-12-14-25(16-31,15-13-20)21-4-2-3-5-22(21)27/h2-9,19-20,34H,10-15H2,1H3/t20-,24-,25-/m0/s1. The number of amides is 1. The summed E-state index contributed by atoms with van der Waals surface area (Å²) in [6.07, 6.45) is -0.628. The van der Waals surface area contributed by atoms with Gasteiger partial charge in [0, 0.05) is 22.7 Å². The molecular weight excluding hydrogens is 465 g/mol. The van der Waals surface area contributed by atoms with Crippen molar-refractivity contribution in [1.29, 1.82) is 5.26 Å². The molecule has 4 rings (SSSR count). The van der Waals surface area contributed by atoms with Crippen molar-refractivity contribution in [3.8, 4) is 6.07 Å². The maximum Gasteiger partial charge on any atom is 0.421 e. The Morgan fingerprint density at radius 1 is 1.06 bits per heavy atom. The first kappa shape index (κ1) is 24.6. The predicted octanol–water partition coefficient (Wildman–Crippen LogP) is 6.12. The molecule has 0 saturated heterocycles. The van der Waals surface area contributed by atoms with E-state index in [1.165, 1.54) is 12.1 Å². The van der Waals surface area contributed by atoms with Gasteiger partial charge in [0.05, 0.1) is 11.5 Å². The van der Waals surface area contributed by atoms with Crippen LogP contribution in [0.5, 0.6) is 0 Å². The highest BCUT2D eigenvalue weighted by Gasteiger charge is 2.51. The summed E-state index contributed by atoms with van der Waals surface area (Å²) >= 11 is 6.38. The van der Waals surface area contributed by atoms with Gasteiger partial charge in [-0.1, -0.05) is 41.9 Å². The van der Waals surface area contributed by atoms with Crippen LogP contribution in [0, 0.1) is 11.3 Å². The lowest BCUT2D eigenvalue weighted by atomic mass is 9.69. The zero-order chi connectivity index (χ0) is 24.7. The van der Waals surface area contributed by atoms with Gasteiger partial charge in [0.1, 0.15) is 0 Å². The molecule has 8 heteroatoms. The number of nitriles is 1. The van der Waals surface area contributed by atoms with E-state index in [2.05, 4.69) is 6.07 Å². The molecule has 0 radical (unpaired) electrons. The number of hydrogen-bond donors (Lipinski definition) is 1. The van der Waals surface area contributed by atoms with E-state index >= 15 is 0 Å². The summed E-state index contributed by atoms with van der Waals surface area (Å²) in [6.45, 7) is 0.697. The minimum atomic E-state index is -4.82. The van der Waals surface area contributed by atoms with Gasteiger partial charge in [-0.15, -0.1) is 0 Å². The van der Waals surface area contributed by atoms with Crippen LogP contribution in [0.3, 0.4) is 0 Å². The molecule has 2 aliphatic rings. The molecule has 2 saturated carbocycles. The zero-order valence-electron chi connectivity index (χ0n) is 18.8. The first-order valence-electron chi connectivity index (χ1n) is 11.4. The Kier molecular flexibility index (Phi) is 6.43. The largest absolute Gasteiger partial charge is 0.421 e. The van der Waals surface area contributed by atoms with Crippen LogP contribution >= 0.6 is 11.6 Å². The van der Waals surface area contributed by atoms with Gasteiger partial charge in [-0.3, -0.25) is 4.79 Å². The Labute approximate surface area is 201 Å². The second-order valence-electron chi connectivity index (χ2n) is 9.50. The van der Waals surface area contributed by atoms with Crippen LogP contribution in [0.15, 0.2) is 48.5 Å². The molecule has 34 heavy (non-hydrogen) atoms. The molecule has 0 spiro atoms. The molecule has 2 aromatic carbocycles. The second kappa shape index (κ2) is 8.90. The lowest BCUT2D eigenvalue weighted by molar-refractivity contribution is -0.258. The van der Waals surface area contributed by atoms with Gasteiger partial charge in [-0.2, -0.15) is 18.4 Å². The summed E-state index contributed by atoms with van der Waals surface area (Å²) in [6, 6.07) is 14.9. The molecule has 1 amide bonds. The number of carbonyl (C=O) groups excluding carboxylic acids is 1. The van der Waals surface area contributed by atoms with Gasteiger partial charge in [-0.25, -0.2) is 0 Å². The van der Waals surface area contributed by atoms with Gasteiger partial charge in [0.25, 0.3) is 5.91 Å². The molecule has 0 bridgehead atoms. The maximum absolute atomic E-state index is 13.4. The molecule has 0 heterocycles. The van der Waals surface area contributed by atoms with Gasteiger partial charge in [0.2, 0.25) is 0 Å². The Hall–Kier alpha value is -2.56. The highest BCUT2D eigenvalue weighted by atomic mass is 35.5. The molecule has 2 aliphatic carbocycles. The van der Waals surface area contributed by atoms with Crippen LogP contribution in [-0.2, 0) is 11.0 Å². The summed E-state index contributed by atoms with van der Waals surface area (Å²) < 4.78 is 39.4. The SMILES string of the molecule is C[C@](O)(c1ccc(C(=O)N(C2CC2)[C@H]2CC[C@](C#N)(c3ccccc3Cl)CC2)cc1)C(F)(F)F. The summed E-state index contributed by atoms with van der Waals surface area (Å²) in [5.74, 6) is -0.229. The molecule has 180 valence electrons. The molecule has 4 nitrogen and oxygen atoms in total. The average Bonchev–Trinajstić information content (AvgIpc) is 3.64. The number of alkyl halides is 3. The Morgan fingerprint density at radius 3 is 2.12 bits per heavy atom. The third kappa shape index (κ3) is 4.42. The Bertz CT molecular complexity index is 1100. The van der Waals surface area contributed by atoms with Gasteiger partial charge < -0.3 is 10.0 Å². The fourth-order valence-electron chi connectivity index (χ4n) is 4.90. The monoisotopic (exact) mass is 490 g/mol. The van der Waals surface area contributed by atoms with Crippen LogP contribution in [0.1, 0.15) is 66.9 Å². The first-order chi connectivity index (χ1) is 16.0. The molecule has 0 unspecified atom stereocenters. The lowest BCUT2D eigenvalue weighted by Gasteiger charge is -2.41. The molecule has 2 fully saturated rings. The van der Waals surface area contributed by atoms with Crippen molar-refractivity contribution < 1.29 is 23.1 Å². The van der Waals surface area contributed by atoms with Crippen LogP contribution in [0.25, 0.3) is 0 Å². The fraction of sp³-hybridized carbons (Fsp3) is 0.462. The van der Waals surface area contributed by atoms with Crippen molar-refractivity contribution in [3.63, 3.8) is 0 Å². The Morgan fingerprint density at radius 2 is 1.62 bits per heavy atom. The smallest absolute Gasteiger partial charge is 0.376 e. The first-order valence-corrected chi connectivity index (χ1v) is 11.8. The lowest BCUT2D eigenvalue weighted by Crippen LogP contribution is -2.46. The second-order valence-corrected chi connectivity index (χ2v) is 9.90. The number of hydrogen-bond acceptors (Lipinski definition) is 3. The third-order valence-electron chi connectivity index (χ3n) is 7.23. The van der Waals surface area contributed by atoms with Gasteiger partial charge in [0.15, 0.2) is 5.60 Å². The van der Waals surface area contributed by atoms with Crippen molar-refractivity contribution in [2.75, 3.05) is 0 Å². The van der Waals surface area contributed by atoms with E-state index in [9.17, 15) is 28.3 Å². The van der Waals surface area contributed by atoms with Crippen molar-refractivity contribution in [2.45, 2.75) is 74.7 Å². The van der Waals surface area contributed by atoms with Crippen molar-refractivity contribution >= 4 is 17.5 Å². The number of halogens is 4. The molecule has 0 aromatic heterocycles. The highest BCUT2D eigenvalue weighted by molar-refractivity contribution is 6.31. The molecule has 1 atom stereocenters. The van der Waals surface area contributed by atoms with Gasteiger partial charge >= 0.3 is 6.18 Å². The summed E-state index contributed by atoms with van der Waals surface area (Å²) in [7, 11) is 0. The predicted molar refractivity (Wildman–Crippen MR) is 122 cm³/mol. The average molecular weight is 491 g/mol. The van der Waals surface area contributed by atoms with Crippen LogP contribution < -0.4 is 0 Å². The van der Waals surface area contributed by atoms with E-state index in [4.69, 9.17) is 11.6 Å². The van der Waals surface area contributed by atoms with Crippen LogP contribution in [0.4, 0.5) is 13.2 Å². The van der Waals surface area contributed by atoms with Crippen molar-refractivity contribution in [2.24, 2.45) is 0 Å². The van der Waals surface area contributed by atoms with E-state index < -0.39 is 17.2 Å². The number of benzene rings is 2. The van der Waals surface area contributed by atoms with E-state index in [1.807, 2.05) is 23.1 Å². The third-order valence-corrected chi connectivity index (χ3v) is 7.56. The number of rotatable bonds is 5. The summed E-state index contributed by atoms with van der Waals surface area (Å²) in [5.41, 5.74) is -2.90. The molecule has 1 N–H and O–H groups in total. The molecule has 0 aliphatic heterocycles. The van der Waals surface area contributed by atoms with Gasteiger partial charge in [-0.05, 0) is 74.8 Å². The molecular formula is C26H26ClF3N2O2. The minimum Gasteiger partial charge on any atom is -0.376 e. The van der Waals surface area contributed by atoms with Crippen molar-refractivity contribution in [3.05, 3.63) is 70.2 Å². The zero-order valence-corrected chi connectivity index (χ0v) is 19.5. The minimum absolute atomic E-state index is 0.0538. The maximum atomic E-state index is 13.4. The van der Waals surface area contributed by atoms with E-state index in [0.29, 0.717) is 37.6 Å². The Balaban J connectivity index is 1.52. The molecule has 2 aromatic rings. The number of nitrogens with zero attached hydrogens (tertiary/aromatic N) is 2. The van der Waals surface area contributed by atoms with E-state index in [-0.39, 0.29) is 29.1 Å². The highest BCUT2D eigenvalue weighted by Crippen LogP contribution is 2.45. The summed E-state index contributed by atoms with van der Waals surface area (Å²) in [4.78, 5) is 15.2. The number of carbonyl (C=O) groups is 1.